The summed E-state index contributed by atoms with van der Waals surface area (Å²) in [6.07, 6.45) is 0. The molecular weight excluding hydrogens is 227 g/mol. The lowest BCUT2D eigenvalue weighted by Crippen LogP contribution is -1.93. The van der Waals surface area contributed by atoms with Crippen LogP contribution < -0.4 is 5.32 Å². The molecule has 0 aliphatic rings. The number of halogens is 1. The van der Waals surface area contributed by atoms with Crippen LogP contribution >= 0.6 is 11.5 Å². The Kier molecular flexibility index (Phi) is 2.79. The fraction of sp³-hybridized carbons (Fsp3) is 0.100. The number of nitrogens with one attached hydrogen (secondary N) is 1. The second-order valence-electron chi connectivity index (χ2n) is 3.08. The zero-order chi connectivity index (χ0) is 11.5. The summed E-state index contributed by atoms with van der Waals surface area (Å²) < 4.78 is 17.4. The van der Waals surface area contributed by atoms with Crippen molar-refractivity contribution in [3.8, 4) is 6.07 Å². The van der Waals surface area contributed by atoms with E-state index in [4.69, 9.17) is 5.26 Å². The van der Waals surface area contributed by atoms with Crippen LogP contribution in [0.15, 0.2) is 18.2 Å². The molecule has 0 atom stereocenters. The Balaban J connectivity index is 2.26. The Labute approximate surface area is 95.5 Å². The topological polar surface area (TPSA) is 61.6 Å². The highest BCUT2D eigenvalue weighted by atomic mass is 32.1. The predicted octanol–water partition coefficient (Wildman–Crippen LogP) is 2.60. The van der Waals surface area contributed by atoms with E-state index >= 15 is 0 Å². The first kappa shape index (κ1) is 10.5. The molecule has 0 unspecified atom stereocenters. The fourth-order valence-electron chi connectivity index (χ4n) is 1.15. The minimum absolute atomic E-state index is 0.287. The summed E-state index contributed by atoms with van der Waals surface area (Å²) in [5, 5.41) is 11.9. The van der Waals surface area contributed by atoms with Crippen LogP contribution in [0.5, 0.6) is 0 Å². The Morgan fingerprint density at radius 1 is 1.50 bits per heavy atom. The number of benzene rings is 1. The molecule has 0 bridgehead atoms. The van der Waals surface area contributed by atoms with Gasteiger partial charge in [-0.25, -0.2) is 9.37 Å². The molecule has 2 aromatic rings. The summed E-state index contributed by atoms with van der Waals surface area (Å²) in [7, 11) is 0. The number of rotatable bonds is 2. The highest BCUT2D eigenvalue weighted by Gasteiger charge is 2.06. The number of aryl methyl sites for hydroxylation is 1. The second-order valence-corrected chi connectivity index (χ2v) is 3.83. The number of hydrogen-bond donors (Lipinski definition) is 1. The average molecular weight is 234 g/mol. The van der Waals surface area contributed by atoms with Crippen molar-refractivity contribution in [3.05, 3.63) is 35.4 Å². The molecule has 0 saturated heterocycles. The van der Waals surface area contributed by atoms with Gasteiger partial charge in [0.25, 0.3) is 0 Å². The molecule has 1 aromatic carbocycles. The Morgan fingerprint density at radius 2 is 2.31 bits per heavy atom. The largest absolute Gasteiger partial charge is 0.328 e. The van der Waals surface area contributed by atoms with Crippen LogP contribution in [0.1, 0.15) is 11.4 Å². The van der Waals surface area contributed by atoms with Crippen LogP contribution in [0.2, 0.25) is 0 Å². The minimum Gasteiger partial charge on any atom is -0.328 e. The molecule has 0 amide bonds. The van der Waals surface area contributed by atoms with Gasteiger partial charge in [0.05, 0.1) is 17.3 Å². The maximum atomic E-state index is 13.5. The van der Waals surface area contributed by atoms with Gasteiger partial charge in [-0.2, -0.15) is 9.64 Å². The van der Waals surface area contributed by atoms with E-state index in [9.17, 15) is 4.39 Å². The summed E-state index contributed by atoms with van der Waals surface area (Å²) in [4.78, 5) is 4.05. The molecule has 0 aliphatic carbocycles. The van der Waals surface area contributed by atoms with E-state index in [1.807, 2.05) is 6.07 Å². The summed E-state index contributed by atoms with van der Waals surface area (Å²) in [5.74, 6) is 0.161. The molecule has 0 fully saturated rings. The quantitative estimate of drug-likeness (QED) is 0.867. The molecule has 4 nitrogen and oxygen atoms in total. The van der Waals surface area contributed by atoms with Gasteiger partial charge < -0.3 is 5.32 Å². The van der Waals surface area contributed by atoms with Crippen LogP contribution in [0.25, 0.3) is 0 Å². The monoisotopic (exact) mass is 234 g/mol. The third-order valence-corrected chi connectivity index (χ3v) is 2.59. The molecule has 6 heteroatoms. The van der Waals surface area contributed by atoms with Gasteiger partial charge in [0.1, 0.15) is 11.6 Å². The van der Waals surface area contributed by atoms with Gasteiger partial charge in [-0.3, -0.25) is 0 Å². The first-order valence-electron chi connectivity index (χ1n) is 4.46. The lowest BCUT2D eigenvalue weighted by atomic mass is 10.2. The standard InChI is InChI=1S/C10H7FN4S/c1-6-13-10(16-15-6)14-9-3-2-7(5-12)4-8(9)11/h2-4H,1H3,(H,13,14,15). The Hall–Kier alpha value is -2.00. The van der Waals surface area contributed by atoms with E-state index in [0.717, 1.165) is 11.5 Å². The summed E-state index contributed by atoms with van der Waals surface area (Å²) in [6, 6.07) is 6.09. The molecular formula is C10H7FN4S. The third-order valence-electron chi connectivity index (χ3n) is 1.87. The van der Waals surface area contributed by atoms with Gasteiger partial charge >= 0.3 is 0 Å². The molecule has 1 heterocycles. The van der Waals surface area contributed by atoms with Crippen molar-refractivity contribution in [1.82, 2.24) is 9.36 Å². The van der Waals surface area contributed by atoms with Crippen LogP contribution in [-0.4, -0.2) is 9.36 Å². The van der Waals surface area contributed by atoms with Gasteiger partial charge in [-0.1, -0.05) is 0 Å². The van der Waals surface area contributed by atoms with E-state index < -0.39 is 5.82 Å². The van der Waals surface area contributed by atoms with Crippen molar-refractivity contribution >= 4 is 22.4 Å². The van der Waals surface area contributed by atoms with E-state index in [0.29, 0.717) is 11.0 Å². The number of nitrogens with zero attached hydrogens (tertiary/aromatic N) is 3. The Morgan fingerprint density at radius 3 is 2.88 bits per heavy atom. The maximum Gasteiger partial charge on any atom is 0.207 e. The van der Waals surface area contributed by atoms with Gasteiger partial charge in [0, 0.05) is 11.5 Å². The number of nitriles is 1. The summed E-state index contributed by atoms with van der Waals surface area (Å²) >= 11 is 1.16. The first-order chi connectivity index (χ1) is 7.69. The lowest BCUT2D eigenvalue weighted by molar-refractivity contribution is 0.631. The number of anilines is 2. The zero-order valence-corrected chi connectivity index (χ0v) is 9.18. The smallest absolute Gasteiger partial charge is 0.207 e. The number of aromatic nitrogens is 2. The first-order valence-corrected chi connectivity index (χ1v) is 5.23. The number of hydrogen-bond acceptors (Lipinski definition) is 5. The van der Waals surface area contributed by atoms with Gasteiger partial charge in [-0.05, 0) is 25.1 Å². The van der Waals surface area contributed by atoms with Gasteiger partial charge in [-0.15, -0.1) is 0 Å². The van der Waals surface area contributed by atoms with Crippen LogP contribution in [0.4, 0.5) is 15.2 Å². The van der Waals surface area contributed by atoms with Crippen LogP contribution in [0, 0.1) is 24.1 Å². The van der Waals surface area contributed by atoms with Crippen molar-refractivity contribution in [2.24, 2.45) is 0 Å². The normalized spacial score (nSPS) is 9.81. The lowest BCUT2D eigenvalue weighted by Gasteiger charge is -2.03. The van der Waals surface area contributed by atoms with Gasteiger partial charge in [0.2, 0.25) is 5.13 Å². The molecule has 0 saturated carbocycles. The highest BCUT2D eigenvalue weighted by Crippen LogP contribution is 2.21. The Bertz CT molecular complexity index is 558. The molecule has 16 heavy (non-hydrogen) atoms. The molecule has 2 rings (SSSR count). The second kappa shape index (κ2) is 4.24. The van der Waals surface area contributed by atoms with Crippen molar-refractivity contribution in [2.75, 3.05) is 5.32 Å². The molecule has 0 radical (unpaired) electrons. The van der Waals surface area contributed by atoms with E-state index in [2.05, 4.69) is 14.7 Å². The zero-order valence-electron chi connectivity index (χ0n) is 8.36. The summed E-state index contributed by atoms with van der Waals surface area (Å²) in [5.41, 5.74) is 0.576. The third kappa shape index (κ3) is 2.15. The molecule has 1 aromatic heterocycles. The molecule has 0 spiro atoms. The van der Waals surface area contributed by atoms with Gasteiger partial charge in [0.15, 0.2) is 0 Å². The highest BCUT2D eigenvalue weighted by molar-refractivity contribution is 7.09. The van der Waals surface area contributed by atoms with Crippen molar-refractivity contribution < 1.29 is 4.39 Å². The minimum atomic E-state index is -0.480. The van der Waals surface area contributed by atoms with Crippen molar-refractivity contribution in [1.29, 1.82) is 5.26 Å². The average Bonchev–Trinajstić information content (AvgIpc) is 2.67. The predicted molar refractivity (Wildman–Crippen MR) is 59.0 cm³/mol. The van der Waals surface area contributed by atoms with E-state index in [1.165, 1.54) is 12.1 Å². The van der Waals surface area contributed by atoms with Crippen LogP contribution in [0.3, 0.4) is 0 Å². The maximum absolute atomic E-state index is 13.5. The van der Waals surface area contributed by atoms with Crippen molar-refractivity contribution in [2.45, 2.75) is 6.92 Å². The SMILES string of the molecule is Cc1nsc(Nc2ccc(C#N)cc2F)n1. The van der Waals surface area contributed by atoms with Crippen LogP contribution in [-0.2, 0) is 0 Å². The summed E-state index contributed by atoms with van der Waals surface area (Å²) in [6.45, 7) is 1.76. The van der Waals surface area contributed by atoms with E-state index in [1.54, 1.807) is 13.0 Å². The fourth-order valence-corrected chi connectivity index (χ4v) is 1.74. The van der Waals surface area contributed by atoms with E-state index in [-0.39, 0.29) is 11.3 Å². The van der Waals surface area contributed by atoms with Crippen molar-refractivity contribution in [3.63, 3.8) is 0 Å². The molecule has 80 valence electrons. The molecule has 0 aliphatic heterocycles. The molecule has 1 N–H and O–H groups in total.